The predicted molar refractivity (Wildman–Crippen MR) is 92.7 cm³/mol. The molecule has 124 valence electrons. The Kier molecular flexibility index (Phi) is 3.80. The van der Waals surface area contributed by atoms with Gasteiger partial charge in [0.1, 0.15) is 5.69 Å². The lowest BCUT2D eigenvalue weighted by molar-refractivity contribution is 0.428. The molecule has 3 aromatic rings. The molecule has 4 rings (SSSR count). The van der Waals surface area contributed by atoms with E-state index in [1.54, 1.807) is 4.68 Å². The van der Waals surface area contributed by atoms with Crippen molar-refractivity contribution in [2.24, 2.45) is 7.05 Å². The average Bonchev–Trinajstić information content (AvgIpc) is 3.22. The third kappa shape index (κ3) is 2.79. The molecule has 0 spiro atoms. The SMILES string of the molecule is Cc1cc(-c2nc(-c3ccc(N4CCCCC4)cc3)no2)n(C)n1. The minimum Gasteiger partial charge on any atom is -0.372 e. The van der Waals surface area contributed by atoms with Crippen LogP contribution in [0.2, 0.25) is 0 Å². The molecule has 1 aromatic carbocycles. The van der Waals surface area contributed by atoms with Gasteiger partial charge in [0, 0.05) is 31.4 Å². The maximum absolute atomic E-state index is 5.41. The summed E-state index contributed by atoms with van der Waals surface area (Å²) in [6.07, 6.45) is 3.90. The molecule has 1 fully saturated rings. The van der Waals surface area contributed by atoms with Crippen molar-refractivity contribution in [3.8, 4) is 23.0 Å². The Morgan fingerprint density at radius 2 is 1.79 bits per heavy atom. The van der Waals surface area contributed by atoms with E-state index in [4.69, 9.17) is 4.52 Å². The molecular formula is C18H21N5O. The number of nitrogens with zero attached hydrogens (tertiary/aromatic N) is 5. The molecule has 2 aromatic heterocycles. The van der Waals surface area contributed by atoms with Gasteiger partial charge in [0.05, 0.1) is 5.69 Å². The largest absolute Gasteiger partial charge is 0.372 e. The lowest BCUT2D eigenvalue weighted by Gasteiger charge is -2.28. The van der Waals surface area contributed by atoms with Crippen LogP contribution in [0, 0.1) is 6.92 Å². The maximum Gasteiger partial charge on any atom is 0.276 e. The monoisotopic (exact) mass is 323 g/mol. The van der Waals surface area contributed by atoms with Crippen LogP contribution in [0.15, 0.2) is 34.9 Å². The third-order valence-corrected chi connectivity index (χ3v) is 4.49. The summed E-state index contributed by atoms with van der Waals surface area (Å²) in [6.45, 7) is 4.23. The van der Waals surface area contributed by atoms with Gasteiger partial charge in [0.2, 0.25) is 5.82 Å². The van der Waals surface area contributed by atoms with Gasteiger partial charge in [-0.05, 0) is 56.5 Å². The minimum absolute atomic E-state index is 0.494. The summed E-state index contributed by atoms with van der Waals surface area (Å²) < 4.78 is 7.17. The van der Waals surface area contributed by atoms with Gasteiger partial charge in [0.15, 0.2) is 0 Å². The van der Waals surface area contributed by atoms with Gasteiger partial charge in [-0.15, -0.1) is 0 Å². The first-order valence-electron chi connectivity index (χ1n) is 8.41. The van der Waals surface area contributed by atoms with E-state index >= 15 is 0 Å². The minimum atomic E-state index is 0.494. The van der Waals surface area contributed by atoms with Crippen molar-refractivity contribution in [1.29, 1.82) is 0 Å². The molecule has 24 heavy (non-hydrogen) atoms. The Labute approximate surface area is 141 Å². The smallest absolute Gasteiger partial charge is 0.276 e. The van der Waals surface area contributed by atoms with Crippen LogP contribution in [0.5, 0.6) is 0 Å². The van der Waals surface area contributed by atoms with Gasteiger partial charge < -0.3 is 9.42 Å². The van der Waals surface area contributed by atoms with Crippen molar-refractivity contribution in [2.75, 3.05) is 18.0 Å². The lowest BCUT2D eigenvalue weighted by atomic mass is 10.1. The van der Waals surface area contributed by atoms with E-state index in [1.807, 2.05) is 20.0 Å². The zero-order chi connectivity index (χ0) is 16.5. The number of anilines is 1. The molecule has 0 saturated carbocycles. The fraction of sp³-hybridized carbons (Fsp3) is 0.389. The molecule has 0 radical (unpaired) electrons. The second-order valence-electron chi connectivity index (χ2n) is 6.31. The molecule has 3 heterocycles. The van der Waals surface area contributed by atoms with Crippen LogP contribution in [0.1, 0.15) is 25.0 Å². The number of benzene rings is 1. The van der Waals surface area contributed by atoms with E-state index < -0.39 is 0 Å². The highest BCUT2D eigenvalue weighted by molar-refractivity contribution is 5.62. The van der Waals surface area contributed by atoms with E-state index in [-0.39, 0.29) is 0 Å². The quantitative estimate of drug-likeness (QED) is 0.739. The standard InChI is InChI=1S/C18H21N5O/c1-13-12-16(22(2)20-13)18-19-17(21-24-18)14-6-8-15(9-7-14)23-10-4-3-5-11-23/h6-9,12H,3-5,10-11H2,1-2H3. The Balaban J connectivity index is 1.57. The first-order chi connectivity index (χ1) is 11.7. The third-order valence-electron chi connectivity index (χ3n) is 4.49. The molecule has 0 bridgehead atoms. The number of aryl methyl sites for hydroxylation is 2. The molecule has 0 atom stereocenters. The van der Waals surface area contributed by atoms with Crippen molar-refractivity contribution in [3.63, 3.8) is 0 Å². The van der Waals surface area contributed by atoms with Crippen molar-refractivity contribution in [3.05, 3.63) is 36.0 Å². The Morgan fingerprint density at radius 1 is 1.04 bits per heavy atom. The van der Waals surface area contributed by atoms with Crippen LogP contribution >= 0.6 is 0 Å². The van der Waals surface area contributed by atoms with Crippen LogP contribution in [0.3, 0.4) is 0 Å². The van der Waals surface area contributed by atoms with E-state index in [9.17, 15) is 0 Å². The van der Waals surface area contributed by atoms with E-state index in [1.165, 1.54) is 24.9 Å². The molecule has 1 aliphatic heterocycles. The zero-order valence-electron chi connectivity index (χ0n) is 14.1. The van der Waals surface area contributed by atoms with Crippen molar-refractivity contribution in [1.82, 2.24) is 19.9 Å². The Bertz CT molecular complexity index is 827. The topological polar surface area (TPSA) is 60.0 Å². The van der Waals surface area contributed by atoms with Gasteiger partial charge in [-0.3, -0.25) is 4.68 Å². The molecule has 0 N–H and O–H groups in total. The Morgan fingerprint density at radius 3 is 2.46 bits per heavy atom. The summed E-state index contributed by atoms with van der Waals surface area (Å²) >= 11 is 0. The summed E-state index contributed by atoms with van der Waals surface area (Å²) in [7, 11) is 1.87. The van der Waals surface area contributed by atoms with Crippen molar-refractivity contribution < 1.29 is 4.52 Å². The van der Waals surface area contributed by atoms with E-state index in [0.29, 0.717) is 11.7 Å². The van der Waals surface area contributed by atoms with E-state index in [2.05, 4.69) is 44.4 Å². The van der Waals surface area contributed by atoms with Crippen LogP contribution in [-0.4, -0.2) is 33.0 Å². The average molecular weight is 323 g/mol. The van der Waals surface area contributed by atoms with E-state index in [0.717, 1.165) is 30.0 Å². The molecule has 0 unspecified atom stereocenters. The van der Waals surface area contributed by atoms with Gasteiger partial charge >= 0.3 is 0 Å². The van der Waals surface area contributed by atoms with Gasteiger partial charge in [-0.25, -0.2) is 0 Å². The molecule has 0 aliphatic carbocycles. The molecular weight excluding hydrogens is 302 g/mol. The van der Waals surface area contributed by atoms with Crippen LogP contribution in [-0.2, 0) is 7.05 Å². The van der Waals surface area contributed by atoms with Crippen molar-refractivity contribution in [2.45, 2.75) is 26.2 Å². The number of hydrogen-bond donors (Lipinski definition) is 0. The predicted octanol–water partition coefficient (Wildman–Crippen LogP) is 3.44. The molecule has 0 amide bonds. The highest BCUT2D eigenvalue weighted by Gasteiger charge is 2.15. The summed E-state index contributed by atoms with van der Waals surface area (Å²) in [5.41, 5.74) is 3.99. The number of hydrogen-bond acceptors (Lipinski definition) is 5. The molecule has 6 heteroatoms. The first-order valence-corrected chi connectivity index (χ1v) is 8.41. The summed E-state index contributed by atoms with van der Waals surface area (Å²) in [6, 6.07) is 10.4. The second kappa shape index (κ2) is 6.11. The number of piperidine rings is 1. The van der Waals surface area contributed by atoms with Crippen LogP contribution in [0.25, 0.3) is 23.0 Å². The normalized spacial score (nSPS) is 15.0. The second-order valence-corrected chi connectivity index (χ2v) is 6.31. The zero-order valence-corrected chi connectivity index (χ0v) is 14.1. The first kappa shape index (κ1) is 14.9. The molecule has 1 aliphatic rings. The molecule has 6 nitrogen and oxygen atoms in total. The maximum atomic E-state index is 5.41. The van der Waals surface area contributed by atoms with Crippen LogP contribution in [0.4, 0.5) is 5.69 Å². The van der Waals surface area contributed by atoms with Crippen LogP contribution < -0.4 is 4.90 Å². The summed E-state index contributed by atoms with van der Waals surface area (Å²) in [5.74, 6) is 1.10. The summed E-state index contributed by atoms with van der Waals surface area (Å²) in [4.78, 5) is 6.95. The van der Waals surface area contributed by atoms with Gasteiger partial charge in [0.25, 0.3) is 5.89 Å². The van der Waals surface area contributed by atoms with Gasteiger partial charge in [-0.1, -0.05) is 5.16 Å². The lowest BCUT2D eigenvalue weighted by Crippen LogP contribution is -2.29. The number of aromatic nitrogens is 4. The number of rotatable bonds is 3. The van der Waals surface area contributed by atoms with Gasteiger partial charge in [-0.2, -0.15) is 10.1 Å². The highest BCUT2D eigenvalue weighted by Crippen LogP contribution is 2.26. The van der Waals surface area contributed by atoms with Crippen molar-refractivity contribution >= 4 is 5.69 Å². The fourth-order valence-corrected chi connectivity index (χ4v) is 3.23. The highest BCUT2D eigenvalue weighted by atomic mass is 16.5. The fourth-order valence-electron chi connectivity index (χ4n) is 3.23. The Hall–Kier alpha value is -2.63. The summed E-state index contributed by atoms with van der Waals surface area (Å²) in [5, 5.41) is 8.43. The molecule has 1 saturated heterocycles.